The first-order valence-corrected chi connectivity index (χ1v) is 13.0. The molecule has 1 aliphatic heterocycles. The molecule has 3 aromatic carbocycles. The summed E-state index contributed by atoms with van der Waals surface area (Å²) in [5, 5.41) is 15.5. The Hall–Kier alpha value is -4.72. The number of hydrogen-bond donors (Lipinski definition) is 1. The van der Waals surface area contributed by atoms with Crippen LogP contribution in [-0.4, -0.2) is 25.9 Å². The molecule has 6 rings (SSSR count). The van der Waals surface area contributed by atoms with Gasteiger partial charge in [-0.25, -0.2) is 9.97 Å². The molecule has 0 bridgehead atoms. The monoisotopic (exact) mass is 566 g/mol. The smallest absolute Gasteiger partial charge is 0.188 e. The number of benzene rings is 3. The van der Waals surface area contributed by atoms with Crippen LogP contribution in [0.3, 0.4) is 0 Å². The van der Waals surface area contributed by atoms with Crippen LogP contribution < -0.4 is 4.74 Å². The van der Waals surface area contributed by atoms with Gasteiger partial charge in [0.05, 0.1) is 22.5 Å². The average Bonchev–Trinajstić information content (AvgIpc) is 2.97. The van der Waals surface area contributed by atoms with Crippen LogP contribution in [0.2, 0.25) is 10.0 Å². The van der Waals surface area contributed by atoms with Crippen LogP contribution in [0, 0.1) is 0 Å². The molecule has 1 aliphatic rings. The summed E-state index contributed by atoms with van der Waals surface area (Å²) < 4.78 is 12.5. The largest absolute Gasteiger partial charge is 0.488 e. The summed E-state index contributed by atoms with van der Waals surface area (Å²) in [5.74, 6) is 1.24. The van der Waals surface area contributed by atoms with Crippen molar-refractivity contribution in [2.45, 2.75) is 6.61 Å². The zero-order valence-corrected chi connectivity index (χ0v) is 22.3. The highest BCUT2D eigenvalue weighted by Crippen LogP contribution is 2.42. The van der Waals surface area contributed by atoms with Crippen LogP contribution in [0.1, 0.15) is 22.5 Å². The molecule has 2 aromatic heterocycles. The first-order chi connectivity index (χ1) is 19.6. The van der Waals surface area contributed by atoms with Gasteiger partial charge in [0.25, 0.3) is 0 Å². The van der Waals surface area contributed by atoms with Crippen LogP contribution in [0.4, 0.5) is 0 Å². The Bertz CT molecular complexity index is 1820. The lowest BCUT2D eigenvalue weighted by Gasteiger charge is -2.28. The Labute approximate surface area is 239 Å². The summed E-state index contributed by atoms with van der Waals surface area (Å²) >= 11 is 12.8. The number of hydrogen-bond acceptors (Lipinski definition) is 7. The summed E-state index contributed by atoms with van der Waals surface area (Å²) in [6.07, 6.45) is 4.84. The Morgan fingerprint density at radius 3 is 2.58 bits per heavy atom. The fourth-order valence-electron chi connectivity index (χ4n) is 4.39. The molecule has 0 spiro atoms. The summed E-state index contributed by atoms with van der Waals surface area (Å²) in [6, 6.07) is 25.9. The fraction of sp³-hybridized carbons (Fsp3) is 0.0323. The van der Waals surface area contributed by atoms with Gasteiger partial charge in [-0.2, -0.15) is 0 Å². The minimum atomic E-state index is 0.238. The van der Waals surface area contributed by atoms with Crippen molar-refractivity contribution in [2.75, 3.05) is 0 Å². The lowest BCUT2D eigenvalue weighted by Crippen LogP contribution is -2.25. The minimum Gasteiger partial charge on any atom is -0.488 e. The van der Waals surface area contributed by atoms with Gasteiger partial charge in [-0.1, -0.05) is 70.8 Å². The molecule has 0 amide bonds. The van der Waals surface area contributed by atoms with E-state index in [-0.39, 0.29) is 12.3 Å². The number of fused-ring (bicyclic) bond motifs is 1. The number of rotatable bonds is 6. The third-order valence-electron chi connectivity index (χ3n) is 6.29. The second kappa shape index (κ2) is 11.2. The van der Waals surface area contributed by atoms with E-state index < -0.39 is 0 Å². The Morgan fingerprint density at radius 2 is 1.75 bits per heavy atom. The first kappa shape index (κ1) is 25.6. The molecule has 0 radical (unpaired) electrons. The van der Waals surface area contributed by atoms with Gasteiger partial charge in [0.1, 0.15) is 18.7 Å². The van der Waals surface area contributed by atoms with Crippen molar-refractivity contribution < 1.29 is 14.7 Å². The number of halogens is 2. The Kier molecular flexibility index (Phi) is 7.14. The van der Waals surface area contributed by atoms with E-state index in [2.05, 4.69) is 20.1 Å². The topological polar surface area (TPSA) is 89.7 Å². The first-order valence-electron chi connectivity index (χ1n) is 12.3. The molecule has 1 saturated heterocycles. The normalized spacial score (nSPS) is 16.1. The standard InChI is InChI=1S/C31H20Cl2N4O3/c32-20-12-13-25-23(15-20)29(36-18-35-25)28(31-30(37-38)27(40-31)16-21-8-5-6-14-34-21)22-9-2-4-11-26(22)39-17-19-7-1-3-10-24(19)33/h1-16,18,38H,17H2/b27-16-,31-28-,37-30+. The van der Waals surface area contributed by atoms with Crippen molar-refractivity contribution in [3.8, 4) is 5.75 Å². The van der Waals surface area contributed by atoms with Crippen LogP contribution in [0.25, 0.3) is 22.6 Å². The molecule has 40 heavy (non-hydrogen) atoms. The number of oxime groups is 1. The quantitative estimate of drug-likeness (QED) is 0.168. The second-order valence-corrected chi connectivity index (χ2v) is 9.62. The number of ether oxygens (including phenoxy) is 2. The third kappa shape index (κ3) is 5.00. The molecule has 196 valence electrons. The highest BCUT2D eigenvalue weighted by molar-refractivity contribution is 6.31. The molecule has 0 saturated carbocycles. The molecule has 5 aromatic rings. The van der Waals surface area contributed by atoms with Gasteiger partial charge in [-0.3, -0.25) is 4.98 Å². The third-order valence-corrected chi connectivity index (χ3v) is 6.89. The molecular formula is C31H20Cl2N4O3. The lowest BCUT2D eigenvalue weighted by atomic mass is 9.93. The van der Waals surface area contributed by atoms with Gasteiger partial charge < -0.3 is 14.7 Å². The Balaban J connectivity index is 1.52. The predicted octanol–water partition coefficient (Wildman–Crippen LogP) is 7.57. The van der Waals surface area contributed by atoms with Crippen molar-refractivity contribution in [2.24, 2.45) is 5.16 Å². The average molecular weight is 567 g/mol. The van der Waals surface area contributed by atoms with Crippen molar-refractivity contribution >= 4 is 51.5 Å². The van der Waals surface area contributed by atoms with Gasteiger partial charge >= 0.3 is 0 Å². The van der Waals surface area contributed by atoms with Crippen molar-refractivity contribution in [1.29, 1.82) is 0 Å². The van der Waals surface area contributed by atoms with E-state index in [1.165, 1.54) is 6.33 Å². The van der Waals surface area contributed by atoms with Crippen LogP contribution in [0.15, 0.2) is 114 Å². The number of para-hydroxylation sites is 1. The van der Waals surface area contributed by atoms with Gasteiger partial charge in [0.2, 0.25) is 0 Å². The molecule has 3 heterocycles. The van der Waals surface area contributed by atoms with Crippen LogP contribution in [-0.2, 0) is 11.3 Å². The molecule has 1 fully saturated rings. The van der Waals surface area contributed by atoms with E-state index in [9.17, 15) is 5.21 Å². The summed E-state index contributed by atoms with van der Waals surface area (Å²) in [4.78, 5) is 13.3. The maximum absolute atomic E-state index is 10.1. The molecule has 1 N–H and O–H groups in total. The molecule has 0 atom stereocenters. The van der Waals surface area contributed by atoms with Gasteiger partial charge in [0.15, 0.2) is 17.2 Å². The fourth-order valence-corrected chi connectivity index (χ4v) is 4.75. The summed E-state index contributed by atoms with van der Waals surface area (Å²) in [5.41, 5.74) is 4.18. The summed E-state index contributed by atoms with van der Waals surface area (Å²) in [7, 11) is 0. The minimum absolute atomic E-state index is 0.238. The molecule has 0 unspecified atom stereocenters. The van der Waals surface area contributed by atoms with Crippen LogP contribution in [0.5, 0.6) is 5.75 Å². The van der Waals surface area contributed by atoms with Gasteiger partial charge in [-0.15, -0.1) is 0 Å². The summed E-state index contributed by atoms with van der Waals surface area (Å²) in [6.45, 7) is 0.238. The van der Waals surface area contributed by atoms with E-state index in [0.29, 0.717) is 60.7 Å². The van der Waals surface area contributed by atoms with E-state index in [1.54, 1.807) is 24.4 Å². The van der Waals surface area contributed by atoms with Gasteiger partial charge in [0, 0.05) is 38.8 Å². The molecule has 7 nitrogen and oxygen atoms in total. The SMILES string of the molecule is O/N=C1C(=C\c2ccccn2)\OC\1=C(\c1ccccc1OCc1ccccc1Cl)c1ncnc2ccc(Cl)cc12. The maximum Gasteiger partial charge on any atom is 0.188 e. The van der Waals surface area contributed by atoms with E-state index in [1.807, 2.05) is 72.8 Å². The highest BCUT2D eigenvalue weighted by Gasteiger charge is 2.36. The lowest BCUT2D eigenvalue weighted by molar-refractivity contribution is 0.276. The molecule has 0 aliphatic carbocycles. The van der Waals surface area contributed by atoms with E-state index in [4.69, 9.17) is 32.7 Å². The van der Waals surface area contributed by atoms with Crippen molar-refractivity contribution in [3.63, 3.8) is 0 Å². The van der Waals surface area contributed by atoms with Crippen molar-refractivity contribution in [1.82, 2.24) is 15.0 Å². The van der Waals surface area contributed by atoms with E-state index >= 15 is 0 Å². The maximum atomic E-state index is 10.1. The molecular weight excluding hydrogens is 547 g/mol. The predicted molar refractivity (Wildman–Crippen MR) is 155 cm³/mol. The van der Waals surface area contributed by atoms with Gasteiger partial charge in [-0.05, 0) is 42.5 Å². The zero-order valence-electron chi connectivity index (χ0n) is 20.8. The Morgan fingerprint density at radius 1 is 0.925 bits per heavy atom. The number of pyridine rings is 1. The highest BCUT2D eigenvalue weighted by atomic mass is 35.5. The zero-order chi connectivity index (χ0) is 27.5. The van der Waals surface area contributed by atoms with Crippen molar-refractivity contribution in [3.05, 3.63) is 142 Å². The van der Waals surface area contributed by atoms with Crippen LogP contribution >= 0.6 is 23.2 Å². The molecule has 9 heteroatoms. The van der Waals surface area contributed by atoms with E-state index in [0.717, 1.165) is 5.56 Å². The second-order valence-electron chi connectivity index (χ2n) is 8.78. The number of nitrogens with zero attached hydrogens (tertiary/aromatic N) is 4. The number of aromatic nitrogens is 3.